The molecule has 1 aliphatic rings. The van der Waals surface area contributed by atoms with Crippen LogP contribution in [0.3, 0.4) is 0 Å². The molecule has 0 radical (unpaired) electrons. The van der Waals surface area contributed by atoms with Crippen molar-refractivity contribution in [3.8, 4) is 5.75 Å². The Hall–Kier alpha value is -1.02. The molecule has 0 spiro atoms. The summed E-state index contributed by atoms with van der Waals surface area (Å²) in [5, 5.41) is 3.26. The highest BCUT2D eigenvalue weighted by Crippen LogP contribution is 2.32. The fourth-order valence-electron chi connectivity index (χ4n) is 1.95. The molecule has 0 bridgehead atoms. The Morgan fingerprint density at radius 2 is 2.36 bits per heavy atom. The van der Waals surface area contributed by atoms with E-state index >= 15 is 0 Å². The average Bonchev–Trinajstić information content (AvgIpc) is 2.60. The van der Waals surface area contributed by atoms with Gasteiger partial charge in [0.15, 0.2) is 0 Å². The molecule has 0 amide bonds. The second-order valence-electron chi connectivity index (χ2n) is 3.77. The quantitative estimate of drug-likeness (QED) is 0.791. The van der Waals surface area contributed by atoms with Gasteiger partial charge in [-0.3, -0.25) is 0 Å². The van der Waals surface area contributed by atoms with Crippen molar-refractivity contribution in [1.29, 1.82) is 0 Å². The Morgan fingerprint density at radius 3 is 3.07 bits per heavy atom. The van der Waals surface area contributed by atoms with Gasteiger partial charge in [0, 0.05) is 5.56 Å². The zero-order valence-corrected chi connectivity index (χ0v) is 8.84. The van der Waals surface area contributed by atoms with Crippen molar-refractivity contribution in [3.05, 3.63) is 29.3 Å². The minimum absolute atomic E-state index is 0.377. The fraction of sp³-hybridized carbons (Fsp3) is 0.500. The van der Waals surface area contributed by atoms with E-state index in [-0.39, 0.29) is 0 Å². The molecule has 1 N–H and O–H groups in total. The zero-order chi connectivity index (χ0) is 9.97. The molecule has 0 saturated carbocycles. The lowest BCUT2D eigenvalue weighted by atomic mass is 10.0. The molecule has 1 atom stereocenters. The van der Waals surface area contributed by atoms with Gasteiger partial charge in [-0.15, -0.1) is 0 Å². The SMILES string of the molecule is CCCc1ccc2c(c1)C(NC)CO2. The molecule has 0 aromatic heterocycles. The van der Waals surface area contributed by atoms with E-state index in [2.05, 4.69) is 30.4 Å². The number of aryl methyl sites for hydroxylation is 1. The van der Waals surface area contributed by atoms with Gasteiger partial charge in [0.05, 0.1) is 6.04 Å². The van der Waals surface area contributed by atoms with E-state index in [0.29, 0.717) is 6.04 Å². The van der Waals surface area contributed by atoms with Gasteiger partial charge in [0.2, 0.25) is 0 Å². The first kappa shape index (κ1) is 9.53. The summed E-state index contributed by atoms with van der Waals surface area (Å²) in [4.78, 5) is 0. The smallest absolute Gasteiger partial charge is 0.124 e. The van der Waals surface area contributed by atoms with Crippen LogP contribution < -0.4 is 10.1 Å². The normalized spacial score (nSPS) is 19.1. The molecule has 2 heteroatoms. The highest BCUT2D eigenvalue weighted by atomic mass is 16.5. The minimum atomic E-state index is 0.377. The molecule has 0 fully saturated rings. The topological polar surface area (TPSA) is 21.3 Å². The number of fused-ring (bicyclic) bond motifs is 1. The maximum atomic E-state index is 5.57. The molecule has 1 aromatic carbocycles. The molecule has 2 rings (SSSR count). The van der Waals surface area contributed by atoms with Gasteiger partial charge in [-0.2, -0.15) is 0 Å². The molecule has 14 heavy (non-hydrogen) atoms. The van der Waals surface area contributed by atoms with Gasteiger partial charge in [0.1, 0.15) is 12.4 Å². The van der Waals surface area contributed by atoms with Crippen molar-refractivity contribution < 1.29 is 4.74 Å². The van der Waals surface area contributed by atoms with Gasteiger partial charge in [0.25, 0.3) is 0 Å². The zero-order valence-electron chi connectivity index (χ0n) is 8.84. The van der Waals surface area contributed by atoms with E-state index in [4.69, 9.17) is 4.74 Å². The maximum absolute atomic E-state index is 5.57. The molecule has 1 aliphatic heterocycles. The van der Waals surface area contributed by atoms with Crippen molar-refractivity contribution in [3.63, 3.8) is 0 Å². The Labute approximate surface area is 85.3 Å². The molecule has 0 aliphatic carbocycles. The van der Waals surface area contributed by atoms with Gasteiger partial charge >= 0.3 is 0 Å². The lowest BCUT2D eigenvalue weighted by Gasteiger charge is -2.07. The summed E-state index contributed by atoms with van der Waals surface area (Å²) in [6.45, 7) is 2.97. The van der Waals surface area contributed by atoms with Crippen molar-refractivity contribution in [2.75, 3.05) is 13.7 Å². The largest absolute Gasteiger partial charge is 0.491 e. The van der Waals surface area contributed by atoms with Crippen LogP contribution in [0.5, 0.6) is 5.75 Å². The average molecular weight is 191 g/mol. The van der Waals surface area contributed by atoms with Crippen LogP contribution in [0.1, 0.15) is 30.5 Å². The Bertz CT molecular complexity index is 322. The predicted molar refractivity (Wildman–Crippen MR) is 57.7 cm³/mol. The number of nitrogens with one attached hydrogen (secondary N) is 1. The van der Waals surface area contributed by atoms with Crippen LogP contribution in [0, 0.1) is 0 Å². The van der Waals surface area contributed by atoms with Gasteiger partial charge in [-0.1, -0.05) is 25.5 Å². The molecular weight excluding hydrogens is 174 g/mol. The van der Waals surface area contributed by atoms with E-state index in [9.17, 15) is 0 Å². The first-order valence-corrected chi connectivity index (χ1v) is 5.28. The van der Waals surface area contributed by atoms with E-state index in [1.54, 1.807) is 0 Å². The third-order valence-electron chi connectivity index (χ3n) is 2.74. The van der Waals surface area contributed by atoms with Crippen LogP contribution >= 0.6 is 0 Å². The molecule has 2 nitrogen and oxygen atoms in total. The number of hydrogen-bond donors (Lipinski definition) is 1. The molecule has 1 heterocycles. The number of ether oxygens (including phenoxy) is 1. The van der Waals surface area contributed by atoms with Gasteiger partial charge < -0.3 is 10.1 Å². The Balaban J connectivity index is 2.28. The summed E-state index contributed by atoms with van der Waals surface area (Å²) in [7, 11) is 1.98. The van der Waals surface area contributed by atoms with E-state index < -0.39 is 0 Å². The summed E-state index contributed by atoms with van der Waals surface area (Å²) in [6.07, 6.45) is 2.35. The van der Waals surface area contributed by atoms with Crippen molar-refractivity contribution in [2.45, 2.75) is 25.8 Å². The van der Waals surface area contributed by atoms with Crippen LogP contribution in [0.4, 0.5) is 0 Å². The Morgan fingerprint density at radius 1 is 1.50 bits per heavy atom. The highest BCUT2D eigenvalue weighted by molar-refractivity contribution is 5.42. The van der Waals surface area contributed by atoms with Crippen LogP contribution in [0.2, 0.25) is 0 Å². The number of hydrogen-bond acceptors (Lipinski definition) is 2. The van der Waals surface area contributed by atoms with Crippen LogP contribution in [-0.2, 0) is 6.42 Å². The van der Waals surface area contributed by atoms with E-state index in [0.717, 1.165) is 18.8 Å². The number of benzene rings is 1. The minimum Gasteiger partial charge on any atom is -0.491 e. The predicted octanol–water partition coefficient (Wildman–Crippen LogP) is 2.29. The summed E-state index contributed by atoms with van der Waals surface area (Å²) < 4.78 is 5.57. The molecular formula is C12H17NO. The molecule has 1 aromatic rings. The highest BCUT2D eigenvalue weighted by Gasteiger charge is 2.22. The Kier molecular flexibility index (Phi) is 2.73. The number of likely N-dealkylation sites (N-methyl/N-ethyl adjacent to an activating group) is 1. The van der Waals surface area contributed by atoms with Gasteiger partial charge in [-0.05, 0) is 25.1 Å². The fourth-order valence-corrected chi connectivity index (χ4v) is 1.95. The first-order chi connectivity index (χ1) is 6.85. The lowest BCUT2D eigenvalue weighted by molar-refractivity contribution is 0.318. The third kappa shape index (κ3) is 1.62. The third-order valence-corrected chi connectivity index (χ3v) is 2.74. The van der Waals surface area contributed by atoms with Crippen LogP contribution in [-0.4, -0.2) is 13.7 Å². The second kappa shape index (κ2) is 4.01. The van der Waals surface area contributed by atoms with Crippen molar-refractivity contribution in [2.24, 2.45) is 0 Å². The van der Waals surface area contributed by atoms with E-state index in [1.165, 1.54) is 17.5 Å². The summed E-state index contributed by atoms with van der Waals surface area (Å²) in [5.41, 5.74) is 2.73. The monoisotopic (exact) mass is 191 g/mol. The molecule has 1 unspecified atom stereocenters. The van der Waals surface area contributed by atoms with Crippen molar-refractivity contribution in [1.82, 2.24) is 5.32 Å². The van der Waals surface area contributed by atoms with Gasteiger partial charge in [-0.25, -0.2) is 0 Å². The molecule has 0 saturated heterocycles. The maximum Gasteiger partial charge on any atom is 0.124 e. The summed E-state index contributed by atoms with van der Waals surface area (Å²) >= 11 is 0. The van der Waals surface area contributed by atoms with E-state index in [1.807, 2.05) is 7.05 Å². The lowest BCUT2D eigenvalue weighted by Crippen LogP contribution is -2.17. The molecule has 76 valence electrons. The standard InChI is InChI=1S/C12H17NO/c1-3-4-9-5-6-12-10(7-9)11(13-2)8-14-12/h5-7,11,13H,3-4,8H2,1-2H3. The first-order valence-electron chi connectivity index (χ1n) is 5.28. The number of rotatable bonds is 3. The second-order valence-corrected chi connectivity index (χ2v) is 3.77. The summed E-state index contributed by atoms with van der Waals surface area (Å²) in [5.74, 6) is 1.05. The van der Waals surface area contributed by atoms with Crippen LogP contribution in [0.25, 0.3) is 0 Å². The van der Waals surface area contributed by atoms with Crippen molar-refractivity contribution >= 4 is 0 Å². The summed E-state index contributed by atoms with van der Waals surface area (Å²) in [6, 6.07) is 6.91. The van der Waals surface area contributed by atoms with Crippen LogP contribution in [0.15, 0.2) is 18.2 Å².